The van der Waals surface area contributed by atoms with Gasteiger partial charge in [0, 0.05) is 24.7 Å². The van der Waals surface area contributed by atoms with Crippen molar-refractivity contribution in [2.45, 2.75) is 12.8 Å². The molecule has 0 aliphatic carbocycles. The Morgan fingerprint density at radius 3 is 2.89 bits per heavy atom. The van der Waals surface area contributed by atoms with Crippen LogP contribution in [0.5, 0.6) is 0 Å². The third-order valence-corrected chi connectivity index (χ3v) is 4.09. The van der Waals surface area contributed by atoms with E-state index in [1.54, 1.807) is 7.11 Å². The molecule has 1 N–H and O–H groups in total. The Kier molecular flexibility index (Phi) is 8.24. The van der Waals surface area contributed by atoms with Crippen LogP contribution in [0, 0.1) is 0 Å². The van der Waals surface area contributed by atoms with Crippen LogP contribution in [-0.4, -0.2) is 39.4 Å². The SMILES string of the molecule is COCCOCCCCNC(=O)c1sccc1Br. The third-order valence-electron chi connectivity index (χ3n) is 2.26. The Morgan fingerprint density at radius 2 is 2.22 bits per heavy atom. The van der Waals surface area contributed by atoms with Crippen LogP contribution < -0.4 is 5.32 Å². The van der Waals surface area contributed by atoms with Crippen molar-refractivity contribution in [2.24, 2.45) is 0 Å². The van der Waals surface area contributed by atoms with Gasteiger partial charge < -0.3 is 14.8 Å². The Hall–Kier alpha value is -0.430. The van der Waals surface area contributed by atoms with Gasteiger partial charge in [-0.1, -0.05) is 0 Å². The third kappa shape index (κ3) is 5.95. The van der Waals surface area contributed by atoms with E-state index >= 15 is 0 Å². The zero-order chi connectivity index (χ0) is 13.2. The molecule has 18 heavy (non-hydrogen) atoms. The van der Waals surface area contributed by atoms with Crippen molar-refractivity contribution >= 4 is 33.2 Å². The van der Waals surface area contributed by atoms with E-state index in [2.05, 4.69) is 21.2 Å². The second-order valence-electron chi connectivity index (χ2n) is 3.67. The van der Waals surface area contributed by atoms with Gasteiger partial charge in [-0.05, 0) is 40.2 Å². The topological polar surface area (TPSA) is 47.6 Å². The molecule has 0 aromatic carbocycles. The maximum Gasteiger partial charge on any atom is 0.262 e. The molecule has 0 unspecified atom stereocenters. The van der Waals surface area contributed by atoms with E-state index < -0.39 is 0 Å². The highest BCUT2D eigenvalue weighted by Gasteiger charge is 2.09. The minimum Gasteiger partial charge on any atom is -0.382 e. The predicted molar refractivity (Wildman–Crippen MR) is 76.3 cm³/mol. The number of unbranched alkanes of at least 4 members (excludes halogenated alkanes) is 1. The van der Waals surface area contributed by atoms with Gasteiger partial charge in [0.2, 0.25) is 0 Å². The lowest BCUT2D eigenvalue weighted by atomic mass is 10.3. The molecule has 0 atom stereocenters. The number of methoxy groups -OCH3 is 1. The Balaban J connectivity index is 2.01. The van der Waals surface area contributed by atoms with E-state index in [0.717, 1.165) is 22.2 Å². The highest BCUT2D eigenvalue weighted by Crippen LogP contribution is 2.22. The fourth-order valence-electron chi connectivity index (χ4n) is 1.31. The zero-order valence-corrected chi connectivity index (χ0v) is 12.8. The summed E-state index contributed by atoms with van der Waals surface area (Å²) < 4.78 is 11.1. The van der Waals surface area contributed by atoms with Gasteiger partial charge in [-0.3, -0.25) is 4.79 Å². The van der Waals surface area contributed by atoms with Crippen LogP contribution >= 0.6 is 27.3 Å². The number of amides is 1. The van der Waals surface area contributed by atoms with Crippen molar-refractivity contribution in [2.75, 3.05) is 33.5 Å². The molecule has 1 aromatic rings. The van der Waals surface area contributed by atoms with Gasteiger partial charge >= 0.3 is 0 Å². The van der Waals surface area contributed by atoms with E-state index in [9.17, 15) is 4.79 Å². The first kappa shape index (κ1) is 15.6. The number of carbonyl (C=O) groups is 1. The Bertz CT molecular complexity index is 357. The summed E-state index contributed by atoms with van der Waals surface area (Å²) >= 11 is 4.78. The van der Waals surface area contributed by atoms with Gasteiger partial charge in [0.15, 0.2) is 0 Å². The van der Waals surface area contributed by atoms with Crippen LogP contribution in [0.1, 0.15) is 22.5 Å². The normalized spacial score (nSPS) is 10.6. The smallest absolute Gasteiger partial charge is 0.262 e. The maximum atomic E-state index is 11.7. The highest BCUT2D eigenvalue weighted by molar-refractivity contribution is 9.10. The minimum absolute atomic E-state index is 0.0165. The summed E-state index contributed by atoms with van der Waals surface area (Å²) in [7, 11) is 1.65. The molecule has 0 aliphatic rings. The van der Waals surface area contributed by atoms with Gasteiger partial charge in [0.1, 0.15) is 4.88 Å². The molecule has 0 bridgehead atoms. The summed E-state index contributed by atoms with van der Waals surface area (Å²) in [5.41, 5.74) is 0. The van der Waals surface area contributed by atoms with E-state index in [4.69, 9.17) is 9.47 Å². The van der Waals surface area contributed by atoms with Gasteiger partial charge in [-0.25, -0.2) is 0 Å². The van der Waals surface area contributed by atoms with Crippen molar-refractivity contribution in [3.63, 3.8) is 0 Å². The summed E-state index contributed by atoms with van der Waals surface area (Å²) in [6, 6.07) is 1.88. The molecular formula is C12H18BrNO3S. The summed E-state index contributed by atoms with van der Waals surface area (Å²) in [4.78, 5) is 12.5. The lowest BCUT2D eigenvalue weighted by Crippen LogP contribution is -2.24. The monoisotopic (exact) mass is 335 g/mol. The summed E-state index contributed by atoms with van der Waals surface area (Å²) in [6.07, 6.45) is 1.86. The van der Waals surface area contributed by atoms with Gasteiger partial charge in [-0.2, -0.15) is 0 Å². The Labute approximate surface area is 120 Å². The second-order valence-corrected chi connectivity index (χ2v) is 5.44. The highest BCUT2D eigenvalue weighted by atomic mass is 79.9. The number of hydrogen-bond acceptors (Lipinski definition) is 4. The first-order valence-corrected chi connectivity index (χ1v) is 7.51. The van der Waals surface area contributed by atoms with Crippen LogP contribution in [0.15, 0.2) is 15.9 Å². The number of carbonyl (C=O) groups excluding carboxylic acids is 1. The molecule has 0 spiro atoms. The number of rotatable bonds is 9. The van der Waals surface area contributed by atoms with Gasteiger partial charge in [-0.15, -0.1) is 11.3 Å². The molecule has 4 nitrogen and oxygen atoms in total. The van der Waals surface area contributed by atoms with Crippen molar-refractivity contribution in [1.82, 2.24) is 5.32 Å². The first-order valence-electron chi connectivity index (χ1n) is 5.83. The van der Waals surface area contributed by atoms with Crippen molar-refractivity contribution in [1.29, 1.82) is 0 Å². The van der Waals surface area contributed by atoms with E-state index in [0.29, 0.717) is 26.4 Å². The van der Waals surface area contributed by atoms with Crippen LogP contribution in [0.3, 0.4) is 0 Å². The molecule has 0 saturated heterocycles. The first-order chi connectivity index (χ1) is 8.75. The second kappa shape index (κ2) is 9.49. The van der Waals surface area contributed by atoms with Crippen molar-refractivity contribution in [3.8, 4) is 0 Å². The van der Waals surface area contributed by atoms with E-state index in [-0.39, 0.29) is 5.91 Å². The van der Waals surface area contributed by atoms with Crippen LogP contribution in [-0.2, 0) is 9.47 Å². The molecule has 0 saturated carbocycles. The molecule has 6 heteroatoms. The molecule has 0 fully saturated rings. The summed E-state index contributed by atoms with van der Waals surface area (Å²) in [5.74, 6) is -0.0165. The molecular weight excluding hydrogens is 318 g/mol. The maximum absolute atomic E-state index is 11.7. The number of nitrogens with one attached hydrogen (secondary N) is 1. The molecule has 0 radical (unpaired) electrons. The lowest BCUT2D eigenvalue weighted by Gasteiger charge is -2.05. The molecule has 1 heterocycles. The van der Waals surface area contributed by atoms with E-state index in [1.807, 2.05) is 11.4 Å². The average Bonchev–Trinajstić information content (AvgIpc) is 2.79. The summed E-state index contributed by atoms with van der Waals surface area (Å²) in [5, 5.41) is 4.78. The molecule has 102 valence electrons. The molecule has 0 aliphatic heterocycles. The standard InChI is InChI=1S/C12H18BrNO3S/c1-16-7-8-17-6-3-2-5-14-12(15)11-10(13)4-9-18-11/h4,9H,2-3,5-8H2,1H3,(H,14,15). The fraction of sp³-hybridized carbons (Fsp3) is 0.583. The minimum atomic E-state index is -0.0165. The largest absolute Gasteiger partial charge is 0.382 e. The summed E-state index contributed by atoms with van der Waals surface area (Å²) in [6.45, 7) is 2.65. The number of halogens is 1. The van der Waals surface area contributed by atoms with Crippen molar-refractivity contribution in [3.05, 3.63) is 20.8 Å². The number of thiophene rings is 1. The molecule has 1 rings (SSSR count). The quantitative estimate of drug-likeness (QED) is 0.706. The van der Waals surface area contributed by atoms with Crippen LogP contribution in [0.2, 0.25) is 0 Å². The van der Waals surface area contributed by atoms with Gasteiger partial charge in [0.05, 0.1) is 13.2 Å². The molecule has 1 amide bonds. The number of hydrogen-bond donors (Lipinski definition) is 1. The molecule has 1 aromatic heterocycles. The van der Waals surface area contributed by atoms with Crippen LogP contribution in [0.25, 0.3) is 0 Å². The van der Waals surface area contributed by atoms with E-state index in [1.165, 1.54) is 11.3 Å². The van der Waals surface area contributed by atoms with Crippen molar-refractivity contribution < 1.29 is 14.3 Å². The van der Waals surface area contributed by atoms with Crippen LogP contribution in [0.4, 0.5) is 0 Å². The average molecular weight is 336 g/mol. The van der Waals surface area contributed by atoms with Gasteiger partial charge in [0.25, 0.3) is 5.91 Å². The lowest BCUT2D eigenvalue weighted by molar-refractivity contribution is 0.0686. The predicted octanol–water partition coefficient (Wildman–Crippen LogP) is 2.68. The fourth-order valence-corrected chi connectivity index (χ4v) is 2.78. The Morgan fingerprint density at radius 1 is 1.39 bits per heavy atom. The zero-order valence-electron chi connectivity index (χ0n) is 10.4. The number of ether oxygens (including phenoxy) is 2.